The van der Waals surface area contributed by atoms with Crippen molar-refractivity contribution in [3.63, 3.8) is 0 Å². The molecule has 0 radical (unpaired) electrons. The van der Waals surface area contributed by atoms with Crippen LogP contribution in [0.5, 0.6) is 0 Å². The largest absolute Gasteiger partial charge is 0.371 e. The molecular formula is C23H28N4O2. The first-order chi connectivity index (χ1) is 14.0. The van der Waals surface area contributed by atoms with Crippen molar-refractivity contribution in [3.05, 3.63) is 53.1 Å². The van der Waals surface area contributed by atoms with Crippen molar-refractivity contribution in [2.75, 3.05) is 28.6 Å². The highest BCUT2D eigenvalue weighted by Crippen LogP contribution is 2.29. The molecule has 3 N–H and O–H groups in total. The summed E-state index contributed by atoms with van der Waals surface area (Å²) in [6, 6.07) is 11.5. The van der Waals surface area contributed by atoms with Crippen LogP contribution in [0.3, 0.4) is 0 Å². The van der Waals surface area contributed by atoms with Crippen molar-refractivity contribution in [2.45, 2.75) is 45.6 Å². The molecule has 0 aromatic heterocycles. The Morgan fingerprint density at radius 1 is 0.966 bits per heavy atom. The second kappa shape index (κ2) is 8.15. The molecule has 0 unspecified atom stereocenters. The molecule has 4 rings (SSSR count). The molecule has 1 saturated carbocycles. The van der Waals surface area contributed by atoms with Gasteiger partial charge in [-0.1, -0.05) is 17.7 Å². The fourth-order valence-corrected chi connectivity index (χ4v) is 3.76. The Hall–Kier alpha value is -3.02. The van der Waals surface area contributed by atoms with E-state index in [0.29, 0.717) is 17.3 Å². The number of aryl methyl sites for hydroxylation is 2. The number of carbonyl (C=O) groups excluding carboxylic acids is 2. The normalized spacial score (nSPS) is 15.9. The molecule has 0 atom stereocenters. The summed E-state index contributed by atoms with van der Waals surface area (Å²) in [5.74, 6) is -0.0622. The first-order valence-corrected chi connectivity index (χ1v) is 10.3. The predicted molar refractivity (Wildman–Crippen MR) is 117 cm³/mol. The van der Waals surface area contributed by atoms with E-state index in [1.54, 1.807) is 6.07 Å². The molecule has 0 bridgehead atoms. The van der Waals surface area contributed by atoms with Crippen LogP contribution in [-0.4, -0.2) is 31.1 Å². The molecule has 2 aromatic rings. The second-order valence-corrected chi connectivity index (χ2v) is 8.07. The van der Waals surface area contributed by atoms with Crippen LogP contribution >= 0.6 is 0 Å². The minimum absolute atomic E-state index is 0.0622. The molecule has 6 heteroatoms. The van der Waals surface area contributed by atoms with Gasteiger partial charge in [0.1, 0.15) is 0 Å². The zero-order valence-electron chi connectivity index (χ0n) is 17.0. The molecule has 2 fully saturated rings. The summed E-state index contributed by atoms with van der Waals surface area (Å²) in [4.78, 5) is 27.6. The van der Waals surface area contributed by atoms with E-state index in [4.69, 9.17) is 0 Å². The lowest BCUT2D eigenvalue weighted by Gasteiger charge is -2.22. The Kier molecular flexibility index (Phi) is 5.43. The van der Waals surface area contributed by atoms with Crippen molar-refractivity contribution in [1.82, 2.24) is 5.32 Å². The maximum Gasteiger partial charge on any atom is 0.323 e. The summed E-state index contributed by atoms with van der Waals surface area (Å²) in [5.41, 5.74) is 5.11. The van der Waals surface area contributed by atoms with Gasteiger partial charge in [-0.15, -0.1) is 0 Å². The minimum atomic E-state index is -0.320. The number of carbonyl (C=O) groups is 2. The van der Waals surface area contributed by atoms with Crippen LogP contribution in [-0.2, 0) is 0 Å². The third-order valence-corrected chi connectivity index (χ3v) is 5.49. The topological polar surface area (TPSA) is 73.5 Å². The average molecular weight is 393 g/mol. The van der Waals surface area contributed by atoms with Crippen LogP contribution in [0, 0.1) is 13.8 Å². The van der Waals surface area contributed by atoms with Crippen LogP contribution in [0.1, 0.15) is 47.2 Å². The average Bonchev–Trinajstić information content (AvgIpc) is 3.33. The zero-order chi connectivity index (χ0) is 20.4. The van der Waals surface area contributed by atoms with Crippen LogP contribution in [0.2, 0.25) is 0 Å². The molecule has 0 spiro atoms. The van der Waals surface area contributed by atoms with Gasteiger partial charge in [-0.2, -0.15) is 0 Å². The smallest absolute Gasteiger partial charge is 0.323 e. The number of nitrogens with zero attached hydrogens (tertiary/aromatic N) is 1. The Balaban J connectivity index is 1.51. The van der Waals surface area contributed by atoms with Crippen LogP contribution < -0.4 is 20.9 Å². The Labute approximate surface area is 171 Å². The van der Waals surface area contributed by atoms with Gasteiger partial charge in [0, 0.05) is 36.2 Å². The molecule has 2 aromatic carbocycles. The van der Waals surface area contributed by atoms with Crippen LogP contribution in [0.25, 0.3) is 0 Å². The highest BCUT2D eigenvalue weighted by Gasteiger charge is 2.26. The van der Waals surface area contributed by atoms with Crippen molar-refractivity contribution < 1.29 is 9.59 Å². The fraction of sp³-hybridized carbons (Fsp3) is 0.391. The maximum absolute atomic E-state index is 12.8. The Morgan fingerprint density at radius 3 is 2.41 bits per heavy atom. The van der Waals surface area contributed by atoms with E-state index in [1.807, 2.05) is 44.2 Å². The number of benzene rings is 2. The number of nitrogens with one attached hydrogen (secondary N) is 3. The van der Waals surface area contributed by atoms with E-state index >= 15 is 0 Å². The third-order valence-electron chi connectivity index (χ3n) is 5.49. The monoisotopic (exact) mass is 392 g/mol. The lowest BCUT2D eigenvalue weighted by Crippen LogP contribution is -2.29. The number of urea groups is 1. The van der Waals surface area contributed by atoms with Gasteiger partial charge in [0.05, 0.1) is 5.56 Å². The first-order valence-electron chi connectivity index (χ1n) is 10.3. The molecule has 152 valence electrons. The van der Waals surface area contributed by atoms with Gasteiger partial charge in [-0.05, 0) is 69.4 Å². The van der Waals surface area contributed by atoms with Gasteiger partial charge >= 0.3 is 6.03 Å². The standard InChI is InChI=1S/C23H28N4O2/c1-15-5-9-20(16(2)13-15)26-23(29)25-18-8-10-21(27-11-3-4-12-27)19(14-18)22(28)24-17-6-7-17/h5,8-10,13-14,17H,3-4,6-7,11-12H2,1-2H3,(H,24,28)(H2,25,26,29). The molecule has 6 nitrogen and oxygen atoms in total. The summed E-state index contributed by atoms with van der Waals surface area (Å²) in [7, 11) is 0. The summed E-state index contributed by atoms with van der Waals surface area (Å²) >= 11 is 0. The highest BCUT2D eigenvalue weighted by atomic mass is 16.2. The lowest BCUT2D eigenvalue weighted by atomic mass is 10.1. The van der Waals surface area contributed by atoms with Gasteiger partial charge in [-0.25, -0.2) is 4.79 Å². The van der Waals surface area contributed by atoms with Gasteiger partial charge in [0.2, 0.25) is 0 Å². The molecule has 1 heterocycles. The summed E-state index contributed by atoms with van der Waals surface area (Å²) in [6.07, 6.45) is 4.37. The van der Waals surface area contributed by atoms with Crippen molar-refractivity contribution in [1.29, 1.82) is 0 Å². The number of amides is 3. The first kappa shape index (κ1) is 19.3. The fourth-order valence-electron chi connectivity index (χ4n) is 3.76. The zero-order valence-corrected chi connectivity index (χ0v) is 17.0. The van der Waals surface area contributed by atoms with E-state index < -0.39 is 0 Å². The molecule has 3 amide bonds. The number of hydrogen-bond acceptors (Lipinski definition) is 3. The third kappa shape index (κ3) is 4.70. The minimum Gasteiger partial charge on any atom is -0.371 e. The Morgan fingerprint density at radius 2 is 1.72 bits per heavy atom. The van der Waals surface area contributed by atoms with Crippen molar-refractivity contribution in [3.8, 4) is 0 Å². The molecule has 1 aliphatic carbocycles. The quantitative estimate of drug-likeness (QED) is 0.704. The van der Waals surface area contributed by atoms with Gasteiger partial charge in [0.25, 0.3) is 5.91 Å². The number of anilines is 3. The van der Waals surface area contributed by atoms with Crippen LogP contribution in [0.15, 0.2) is 36.4 Å². The highest BCUT2D eigenvalue weighted by molar-refractivity contribution is 6.04. The predicted octanol–water partition coefficient (Wildman–Crippen LogP) is 4.44. The molecule has 1 aliphatic heterocycles. The lowest BCUT2D eigenvalue weighted by molar-refractivity contribution is 0.0951. The Bertz CT molecular complexity index is 930. The summed E-state index contributed by atoms with van der Waals surface area (Å²) in [6.45, 7) is 5.91. The van der Waals surface area contributed by atoms with Gasteiger partial charge in [-0.3, -0.25) is 4.79 Å². The van der Waals surface area contributed by atoms with E-state index in [-0.39, 0.29) is 11.9 Å². The number of hydrogen-bond donors (Lipinski definition) is 3. The van der Waals surface area contributed by atoms with Gasteiger partial charge in [0.15, 0.2) is 0 Å². The molecule has 2 aliphatic rings. The molecule has 1 saturated heterocycles. The van der Waals surface area contributed by atoms with Crippen molar-refractivity contribution in [2.24, 2.45) is 0 Å². The van der Waals surface area contributed by atoms with E-state index in [0.717, 1.165) is 61.3 Å². The second-order valence-electron chi connectivity index (χ2n) is 8.07. The number of rotatable bonds is 5. The van der Waals surface area contributed by atoms with E-state index in [1.165, 1.54) is 0 Å². The summed E-state index contributed by atoms with van der Waals surface area (Å²) < 4.78 is 0. The van der Waals surface area contributed by atoms with E-state index in [9.17, 15) is 9.59 Å². The molecule has 29 heavy (non-hydrogen) atoms. The van der Waals surface area contributed by atoms with E-state index in [2.05, 4.69) is 20.9 Å². The SMILES string of the molecule is Cc1ccc(NC(=O)Nc2ccc(N3CCCC3)c(C(=O)NC3CC3)c2)c(C)c1. The summed E-state index contributed by atoms with van der Waals surface area (Å²) in [5, 5.41) is 8.82. The van der Waals surface area contributed by atoms with Gasteiger partial charge < -0.3 is 20.9 Å². The molecular weight excluding hydrogens is 364 g/mol. The maximum atomic E-state index is 12.8. The van der Waals surface area contributed by atoms with Crippen LogP contribution in [0.4, 0.5) is 21.9 Å². The van der Waals surface area contributed by atoms with Crippen molar-refractivity contribution >= 4 is 29.0 Å².